The number of hydrogen-bond donors (Lipinski definition) is 2. The molecule has 12 heteroatoms. The molecule has 1 saturated heterocycles. The van der Waals surface area contributed by atoms with Gasteiger partial charge in [-0.3, -0.25) is 14.4 Å². The van der Waals surface area contributed by atoms with Crippen LogP contribution in [0.3, 0.4) is 0 Å². The number of benzene rings is 2. The van der Waals surface area contributed by atoms with Crippen LogP contribution in [0.25, 0.3) is 10.9 Å². The van der Waals surface area contributed by atoms with E-state index in [-0.39, 0.29) is 53.0 Å². The van der Waals surface area contributed by atoms with E-state index in [9.17, 15) is 14.4 Å². The number of amides is 2. The largest absolute Gasteiger partial charge is 0.492 e. The van der Waals surface area contributed by atoms with Crippen molar-refractivity contribution in [2.24, 2.45) is 0 Å². The average molecular weight is 645 g/mol. The first-order valence-corrected chi connectivity index (χ1v) is 15.8. The predicted molar refractivity (Wildman–Crippen MR) is 170 cm³/mol. The second kappa shape index (κ2) is 12.2. The third-order valence-corrected chi connectivity index (χ3v) is 9.27. The molecule has 234 valence electrons. The first-order chi connectivity index (χ1) is 21.1. The number of halogens is 3. The number of nitrogens with one attached hydrogen (secondary N) is 2. The summed E-state index contributed by atoms with van der Waals surface area (Å²) in [5.41, 5.74) is 0.694. The van der Waals surface area contributed by atoms with Crippen molar-refractivity contribution in [3.8, 4) is 5.75 Å². The number of ether oxygens (including phenoxy) is 1. The number of pyridine rings is 1. The Balaban J connectivity index is 1.33. The number of anilines is 1. The van der Waals surface area contributed by atoms with Gasteiger partial charge in [0.2, 0.25) is 11.3 Å². The summed E-state index contributed by atoms with van der Waals surface area (Å²) >= 11 is 12.2. The molecule has 2 amide bonds. The summed E-state index contributed by atoms with van der Waals surface area (Å²) in [4.78, 5) is 43.8. The maximum Gasteiger partial charge on any atom is 0.257 e. The fraction of sp³-hybridized carbons (Fsp3) is 0.469. The second-order valence-electron chi connectivity index (χ2n) is 12.1. The van der Waals surface area contributed by atoms with Crippen LogP contribution >= 0.6 is 23.2 Å². The number of fused-ring (bicyclic) bond motifs is 1. The van der Waals surface area contributed by atoms with Gasteiger partial charge in [0.25, 0.3) is 5.91 Å². The highest BCUT2D eigenvalue weighted by Crippen LogP contribution is 2.44. The molecule has 6 rings (SSSR count). The molecule has 1 aromatic heterocycles. The molecule has 3 fully saturated rings. The zero-order valence-corrected chi connectivity index (χ0v) is 26.5. The van der Waals surface area contributed by atoms with Crippen molar-refractivity contribution in [2.75, 3.05) is 31.6 Å². The van der Waals surface area contributed by atoms with E-state index in [1.54, 1.807) is 24.4 Å². The monoisotopic (exact) mass is 643 g/mol. The number of piperazine rings is 1. The van der Waals surface area contributed by atoms with Gasteiger partial charge >= 0.3 is 0 Å². The van der Waals surface area contributed by atoms with Gasteiger partial charge in [-0.15, -0.1) is 0 Å². The minimum Gasteiger partial charge on any atom is -0.492 e. The van der Waals surface area contributed by atoms with Crippen molar-refractivity contribution in [3.63, 3.8) is 0 Å². The topological polar surface area (TPSA) is 95.9 Å². The fourth-order valence-corrected chi connectivity index (χ4v) is 6.75. The summed E-state index contributed by atoms with van der Waals surface area (Å²) in [5.74, 6) is -0.915. The minimum atomic E-state index is -0.617. The summed E-state index contributed by atoms with van der Waals surface area (Å²) in [6, 6.07) is 6.32. The Labute approximate surface area is 265 Å². The number of hydrogen-bond acceptors (Lipinski definition) is 6. The van der Waals surface area contributed by atoms with Crippen LogP contribution in [-0.4, -0.2) is 66.2 Å². The molecule has 0 unspecified atom stereocenters. The van der Waals surface area contributed by atoms with Crippen LogP contribution in [0.2, 0.25) is 10.0 Å². The van der Waals surface area contributed by atoms with E-state index in [1.165, 1.54) is 13.2 Å². The lowest BCUT2D eigenvalue weighted by atomic mass is 10.0. The smallest absolute Gasteiger partial charge is 0.257 e. The molecule has 3 aromatic rings. The first-order valence-electron chi connectivity index (χ1n) is 15.0. The molecule has 2 saturated carbocycles. The molecule has 1 aliphatic heterocycles. The Bertz CT molecular complexity index is 1680. The average Bonchev–Trinajstić information content (AvgIpc) is 3.90. The number of nitrogens with zero attached hydrogens (tertiary/aromatic N) is 3. The Hall–Kier alpha value is -3.34. The maximum atomic E-state index is 16.1. The Morgan fingerprint density at radius 3 is 2.39 bits per heavy atom. The fourth-order valence-electron chi connectivity index (χ4n) is 6.28. The van der Waals surface area contributed by atoms with E-state index in [4.69, 9.17) is 27.9 Å². The van der Waals surface area contributed by atoms with Gasteiger partial charge in [0.1, 0.15) is 11.3 Å². The van der Waals surface area contributed by atoms with Crippen LogP contribution < -0.4 is 25.7 Å². The Kier molecular flexibility index (Phi) is 8.52. The highest BCUT2D eigenvalue weighted by atomic mass is 35.5. The zero-order chi connectivity index (χ0) is 31.3. The van der Waals surface area contributed by atoms with Crippen molar-refractivity contribution in [3.05, 3.63) is 67.7 Å². The molecule has 44 heavy (non-hydrogen) atoms. The van der Waals surface area contributed by atoms with Gasteiger partial charge in [0.15, 0.2) is 11.6 Å². The van der Waals surface area contributed by atoms with Crippen LogP contribution in [0.1, 0.15) is 61.5 Å². The lowest BCUT2D eigenvalue weighted by molar-refractivity contribution is -0.135. The van der Waals surface area contributed by atoms with E-state index < -0.39 is 17.2 Å². The molecular formula is C32H36Cl2FN5O4. The summed E-state index contributed by atoms with van der Waals surface area (Å²) in [5, 5.41) is 7.01. The summed E-state index contributed by atoms with van der Waals surface area (Å²) in [6.07, 6.45) is 5.48. The highest BCUT2D eigenvalue weighted by molar-refractivity contribution is 6.35. The summed E-state index contributed by atoms with van der Waals surface area (Å²) in [6.45, 7) is 5.12. The maximum absolute atomic E-state index is 16.1. The molecule has 9 nitrogen and oxygen atoms in total. The lowest BCUT2D eigenvalue weighted by Crippen LogP contribution is -2.60. The molecule has 2 atom stereocenters. The van der Waals surface area contributed by atoms with Gasteiger partial charge in [-0.1, -0.05) is 29.3 Å². The minimum absolute atomic E-state index is 0.0363. The molecule has 0 bridgehead atoms. The van der Waals surface area contributed by atoms with Gasteiger partial charge in [0, 0.05) is 60.0 Å². The molecule has 2 heterocycles. The molecular weight excluding hydrogens is 608 g/mol. The van der Waals surface area contributed by atoms with E-state index in [0.29, 0.717) is 46.8 Å². The Morgan fingerprint density at radius 2 is 1.77 bits per heavy atom. The van der Waals surface area contributed by atoms with Gasteiger partial charge < -0.3 is 29.7 Å². The predicted octanol–water partition coefficient (Wildman–Crippen LogP) is 4.90. The number of rotatable bonds is 9. The number of methoxy groups -OCH3 is 1. The van der Waals surface area contributed by atoms with Crippen LogP contribution in [0, 0.1) is 5.82 Å². The highest BCUT2D eigenvalue weighted by Gasteiger charge is 2.37. The third kappa shape index (κ3) is 5.99. The Morgan fingerprint density at radius 1 is 1.07 bits per heavy atom. The molecule has 2 aromatic carbocycles. The van der Waals surface area contributed by atoms with E-state index >= 15 is 4.39 Å². The summed E-state index contributed by atoms with van der Waals surface area (Å²) in [7, 11) is 1.46. The normalized spacial score (nSPS) is 20.2. The molecule has 0 radical (unpaired) electrons. The van der Waals surface area contributed by atoms with Crippen molar-refractivity contribution in [1.29, 1.82) is 0 Å². The van der Waals surface area contributed by atoms with Crippen molar-refractivity contribution in [2.45, 2.75) is 70.2 Å². The number of carbonyl (C=O) groups excluding carboxylic acids is 2. The van der Waals surface area contributed by atoms with Gasteiger partial charge in [-0.05, 0) is 63.3 Å². The number of carbonyl (C=O) groups is 2. The summed E-state index contributed by atoms with van der Waals surface area (Å²) < 4.78 is 23.8. The van der Waals surface area contributed by atoms with E-state index in [0.717, 1.165) is 25.7 Å². The van der Waals surface area contributed by atoms with Crippen molar-refractivity contribution >= 4 is 51.6 Å². The molecule has 0 spiro atoms. The van der Waals surface area contributed by atoms with Crippen LogP contribution in [0.15, 0.2) is 35.3 Å². The van der Waals surface area contributed by atoms with Crippen LogP contribution in [-0.2, 0) is 11.3 Å². The number of aromatic nitrogens is 1. The van der Waals surface area contributed by atoms with Gasteiger partial charge in [-0.25, -0.2) is 4.39 Å². The van der Waals surface area contributed by atoms with Crippen LogP contribution in [0.4, 0.5) is 10.1 Å². The van der Waals surface area contributed by atoms with E-state index in [1.807, 2.05) is 28.2 Å². The third-order valence-electron chi connectivity index (χ3n) is 8.68. The second-order valence-corrected chi connectivity index (χ2v) is 13.0. The first kappa shape index (κ1) is 30.7. The van der Waals surface area contributed by atoms with Crippen LogP contribution in [0.5, 0.6) is 5.75 Å². The molecule has 3 aliphatic rings. The molecule has 2 N–H and O–H groups in total. The van der Waals surface area contributed by atoms with Gasteiger partial charge in [-0.2, -0.15) is 0 Å². The molecule has 2 aliphatic carbocycles. The SMILES string of the molecule is COc1c(N2C[C@@H](C)N(C(=O)CNC3CC3)[C@@H](C)C2)c(F)cc2c(=O)c(C(=O)NCc3ccc(Cl)cc3Cl)cn(C3CC3)c12. The zero-order valence-electron chi connectivity index (χ0n) is 25.0. The lowest BCUT2D eigenvalue weighted by Gasteiger charge is -2.45. The van der Waals surface area contributed by atoms with Crippen molar-refractivity contribution < 1.29 is 18.7 Å². The van der Waals surface area contributed by atoms with Gasteiger partial charge in [0.05, 0.1) is 24.6 Å². The quantitative estimate of drug-likeness (QED) is 0.344. The standard InChI is InChI=1S/C32H36Cl2FN5O4/c1-17-14-38(15-18(2)40(17)27(41)13-36-21-6-7-21)29-26(35)11-23-28(31(29)44-3)39(22-8-9-22)16-24(30(23)42)32(43)37-12-19-4-5-20(33)10-25(19)34/h4-5,10-11,16-18,21-22,36H,6-9,12-15H2,1-3H3,(H,37,43)/t17-,18+. The van der Waals surface area contributed by atoms with Crippen molar-refractivity contribution in [1.82, 2.24) is 20.1 Å². The van der Waals surface area contributed by atoms with E-state index in [2.05, 4.69) is 10.6 Å².